The lowest BCUT2D eigenvalue weighted by molar-refractivity contribution is -0.174. The molecule has 0 heterocycles. The highest BCUT2D eigenvalue weighted by atomic mass is 16.7. The fraction of sp³-hybridized carbons (Fsp3) is 0.565. The Balaban J connectivity index is 3.08. The number of hydrogen-bond acceptors (Lipinski definition) is 4. The van der Waals surface area contributed by atoms with Crippen LogP contribution in [-0.2, 0) is 14.3 Å². The van der Waals surface area contributed by atoms with Crippen LogP contribution in [-0.4, -0.2) is 29.5 Å². The Bertz CT molecular complexity index is 625. The lowest BCUT2D eigenvalue weighted by atomic mass is 10.0. The molecule has 0 aliphatic carbocycles. The molecule has 0 saturated carbocycles. The summed E-state index contributed by atoms with van der Waals surface area (Å²) in [6.07, 6.45) is 0.974. The molecule has 1 aromatic rings. The van der Waals surface area contributed by atoms with E-state index in [0.717, 1.165) is 6.42 Å². The second-order valence-electron chi connectivity index (χ2n) is 8.20. The van der Waals surface area contributed by atoms with E-state index >= 15 is 0 Å². The van der Waals surface area contributed by atoms with E-state index in [0.29, 0.717) is 18.0 Å². The molecule has 28 heavy (non-hydrogen) atoms. The van der Waals surface area contributed by atoms with Crippen LogP contribution < -0.4 is 0 Å². The van der Waals surface area contributed by atoms with Gasteiger partial charge in [-0.05, 0) is 18.3 Å². The van der Waals surface area contributed by atoms with Gasteiger partial charge in [-0.2, -0.15) is 0 Å². The summed E-state index contributed by atoms with van der Waals surface area (Å²) >= 11 is 0. The second-order valence-corrected chi connectivity index (χ2v) is 8.20. The van der Waals surface area contributed by atoms with Gasteiger partial charge < -0.3 is 14.4 Å². The highest BCUT2D eigenvalue weighted by Gasteiger charge is 2.29. The average molecular weight is 390 g/mol. The lowest BCUT2D eigenvalue weighted by Gasteiger charge is -2.33. The van der Waals surface area contributed by atoms with Gasteiger partial charge in [-0.15, -0.1) is 6.58 Å². The van der Waals surface area contributed by atoms with Crippen molar-refractivity contribution in [2.24, 2.45) is 17.8 Å². The van der Waals surface area contributed by atoms with Crippen LogP contribution in [0.2, 0.25) is 0 Å². The zero-order chi connectivity index (χ0) is 21.3. The van der Waals surface area contributed by atoms with Gasteiger partial charge in [0.05, 0.1) is 12.0 Å². The van der Waals surface area contributed by atoms with Crippen LogP contribution in [0.3, 0.4) is 0 Å². The number of hydrogen-bond donors (Lipinski definition) is 0. The third-order valence-electron chi connectivity index (χ3n) is 4.16. The smallest absolute Gasteiger partial charge is 0.413 e. The fourth-order valence-corrected chi connectivity index (χ4v) is 2.74. The van der Waals surface area contributed by atoms with E-state index in [-0.39, 0.29) is 17.9 Å². The minimum Gasteiger partial charge on any atom is -0.420 e. The third-order valence-corrected chi connectivity index (χ3v) is 4.16. The van der Waals surface area contributed by atoms with Gasteiger partial charge in [0.25, 0.3) is 6.29 Å². The predicted octanol–water partition coefficient (Wildman–Crippen LogP) is 5.58. The molecule has 0 saturated heterocycles. The molecule has 0 fully saturated rings. The molecule has 5 heteroatoms. The molecule has 1 aromatic carbocycles. The van der Waals surface area contributed by atoms with Crippen LogP contribution >= 0.6 is 0 Å². The standard InChI is InChI=1S/C23H35NO4/c1-8-20(14-16(2)3)24(15-17(4)5)23(26)28-22(27-21(25)18(6)7)19-12-10-9-11-13-19/h8-13,16-18,20,22H,1,14-15H2,2-7H3. The van der Waals surface area contributed by atoms with Crippen LogP contribution in [0.5, 0.6) is 0 Å². The zero-order valence-corrected chi connectivity index (χ0v) is 18.1. The monoisotopic (exact) mass is 389 g/mol. The Morgan fingerprint density at radius 3 is 2.07 bits per heavy atom. The Morgan fingerprint density at radius 1 is 1.00 bits per heavy atom. The Labute approximate surface area is 169 Å². The number of benzene rings is 1. The van der Waals surface area contributed by atoms with Crippen LogP contribution in [0, 0.1) is 17.8 Å². The maximum absolute atomic E-state index is 13.1. The van der Waals surface area contributed by atoms with Gasteiger partial charge in [-0.1, -0.05) is 78.0 Å². The topological polar surface area (TPSA) is 55.8 Å². The number of rotatable bonds is 10. The summed E-state index contributed by atoms with van der Waals surface area (Å²) in [7, 11) is 0. The maximum Gasteiger partial charge on any atom is 0.413 e. The molecule has 0 aliphatic heterocycles. The SMILES string of the molecule is C=CC(CC(C)C)N(CC(C)C)C(=O)OC(OC(=O)C(C)C)c1ccccc1. The number of nitrogens with zero attached hydrogens (tertiary/aromatic N) is 1. The first-order valence-electron chi connectivity index (χ1n) is 10.0. The van der Waals surface area contributed by atoms with E-state index in [1.165, 1.54) is 0 Å². The van der Waals surface area contributed by atoms with E-state index < -0.39 is 18.4 Å². The number of carbonyl (C=O) groups is 2. The lowest BCUT2D eigenvalue weighted by Crippen LogP contribution is -2.43. The zero-order valence-electron chi connectivity index (χ0n) is 18.1. The average Bonchev–Trinajstić information content (AvgIpc) is 2.63. The number of ether oxygens (including phenoxy) is 2. The Hall–Kier alpha value is -2.30. The summed E-state index contributed by atoms with van der Waals surface area (Å²) in [5.41, 5.74) is 0.619. The van der Waals surface area contributed by atoms with Gasteiger partial charge in [0.1, 0.15) is 0 Å². The van der Waals surface area contributed by atoms with Crippen LogP contribution in [0.4, 0.5) is 4.79 Å². The number of carbonyl (C=O) groups excluding carboxylic acids is 2. The van der Waals surface area contributed by atoms with Crippen molar-refractivity contribution in [1.82, 2.24) is 4.90 Å². The quantitative estimate of drug-likeness (QED) is 0.298. The summed E-state index contributed by atoms with van der Waals surface area (Å²) in [5.74, 6) is -0.0808. The molecule has 1 rings (SSSR count). The maximum atomic E-state index is 13.1. The van der Waals surface area contributed by atoms with Gasteiger partial charge >= 0.3 is 12.1 Å². The number of amides is 1. The third kappa shape index (κ3) is 7.75. The van der Waals surface area contributed by atoms with Crippen LogP contribution in [0.15, 0.2) is 43.0 Å². The Morgan fingerprint density at radius 2 is 1.61 bits per heavy atom. The first kappa shape index (κ1) is 23.7. The summed E-state index contributed by atoms with van der Waals surface area (Å²) in [6, 6.07) is 8.89. The van der Waals surface area contributed by atoms with Crippen molar-refractivity contribution in [3.63, 3.8) is 0 Å². The van der Waals surface area contributed by atoms with Gasteiger partial charge in [0.15, 0.2) is 0 Å². The summed E-state index contributed by atoms with van der Waals surface area (Å²) < 4.78 is 11.2. The van der Waals surface area contributed by atoms with E-state index in [2.05, 4.69) is 20.4 Å². The summed E-state index contributed by atoms with van der Waals surface area (Å²) in [6.45, 7) is 16.2. The van der Waals surface area contributed by atoms with Gasteiger partial charge in [0, 0.05) is 12.1 Å². The number of esters is 1. The van der Waals surface area contributed by atoms with Crippen LogP contribution in [0.25, 0.3) is 0 Å². The molecule has 0 aliphatic rings. The highest BCUT2D eigenvalue weighted by molar-refractivity contribution is 5.72. The van der Waals surface area contributed by atoms with E-state index in [1.54, 1.807) is 37.0 Å². The summed E-state index contributed by atoms with van der Waals surface area (Å²) in [5, 5.41) is 0. The molecular weight excluding hydrogens is 354 g/mol. The largest absolute Gasteiger partial charge is 0.420 e. The predicted molar refractivity (Wildman–Crippen MR) is 112 cm³/mol. The molecule has 2 atom stereocenters. The van der Waals surface area contributed by atoms with Gasteiger partial charge in [-0.3, -0.25) is 4.79 Å². The molecule has 0 spiro atoms. The first-order chi connectivity index (χ1) is 13.1. The van der Waals surface area contributed by atoms with Crippen LogP contribution in [0.1, 0.15) is 59.8 Å². The molecule has 0 radical (unpaired) electrons. The Kier molecular flexibility index (Phi) is 9.77. The van der Waals surface area contributed by atoms with Gasteiger partial charge in [0.2, 0.25) is 0 Å². The van der Waals surface area contributed by atoms with Crippen molar-refractivity contribution >= 4 is 12.1 Å². The summed E-state index contributed by atoms with van der Waals surface area (Å²) in [4.78, 5) is 26.9. The molecule has 0 N–H and O–H groups in total. The molecule has 2 unspecified atom stereocenters. The minimum atomic E-state index is -1.08. The molecule has 1 amide bonds. The van der Waals surface area contributed by atoms with Crippen molar-refractivity contribution < 1.29 is 19.1 Å². The van der Waals surface area contributed by atoms with Crippen molar-refractivity contribution in [2.75, 3.05) is 6.54 Å². The first-order valence-corrected chi connectivity index (χ1v) is 10.0. The second kappa shape index (κ2) is 11.5. The minimum absolute atomic E-state index is 0.146. The molecular formula is C23H35NO4. The van der Waals surface area contributed by atoms with Crippen molar-refractivity contribution in [3.05, 3.63) is 48.6 Å². The van der Waals surface area contributed by atoms with Crippen molar-refractivity contribution in [3.8, 4) is 0 Å². The fourth-order valence-electron chi connectivity index (χ4n) is 2.74. The highest BCUT2D eigenvalue weighted by Crippen LogP contribution is 2.24. The van der Waals surface area contributed by atoms with Gasteiger partial charge in [-0.25, -0.2) is 4.79 Å². The molecule has 0 aromatic heterocycles. The van der Waals surface area contributed by atoms with E-state index in [1.807, 2.05) is 32.0 Å². The van der Waals surface area contributed by atoms with Crippen molar-refractivity contribution in [2.45, 2.75) is 60.3 Å². The normalized spacial score (nSPS) is 13.3. The van der Waals surface area contributed by atoms with E-state index in [4.69, 9.17) is 9.47 Å². The molecule has 0 bridgehead atoms. The van der Waals surface area contributed by atoms with Crippen molar-refractivity contribution in [1.29, 1.82) is 0 Å². The van der Waals surface area contributed by atoms with E-state index in [9.17, 15) is 9.59 Å². The molecule has 5 nitrogen and oxygen atoms in total. The molecule has 156 valence electrons.